The molecule has 13 rings (SSSR count). The lowest BCUT2D eigenvalue weighted by atomic mass is 9.65. The molecule has 0 saturated carbocycles. The standard InChI is InChI=1S/C55H32N2O3/c1-2-12-36-32-52-46(31-35(36)11-1)55(44-15-5-8-18-49(44)58-52)43-14-4-3-13-41(43)42-26-25-37(30-45(42)55)33-21-23-34(24-22-33)38-27-39(53-56-47-16-6-9-19-50(47)59-53)29-40(28-38)54-57-48-17-7-10-20-51(48)60-54/h1-32H. The van der Waals surface area contributed by atoms with E-state index in [-0.39, 0.29) is 0 Å². The third kappa shape index (κ3) is 4.80. The van der Waals surface area contributed by atoms with Crippen LogP contribution in [0.1, 0.15) is 22.3 Å². The van der Waals surface area contributed by atoms with E-state index in [1.807, 2.05) is 54.6 Å². The molecule has 5 nitrogen and oxygen atoms in total. The van der Waals surface area contributed by atoms with E-state index >= 15 is 0 Å². The van der Waals surface area contributed by atoms with Crippen molar-refractivity contribution in [3.8, 4) is 67.8 Å². The Morgan fingerprint density at radius 3 is 1.57 bits per heavy atom. The summed E-state index contributed by atoms with van der Waals surface area (Å²) in [6, 6.07) is 68.3. The van der Waals surface area contributed by atoms with E-state index < -0.39 is 5.41 Å². The van der Waals surface area contributed by atoms with Gasteiger partial charge in [-0.05, 0) is 122 Å². The number of hydrogen-bond donors (Lipinski definition) is 0. The van der Waals surface area contributed by atoms with Gasteiger partial charge in [0, 0.05) is 22.3 Å². The Labute approximate surface area is 344 Å². The topological polar surface area (TPSA) is 61.3 Å². The summed E-state index contributed by atoms with van der Waals surface area (Å²) in [4.78, 5) is 9.69. The summed E-state index contributed by atoms with van der Waals surface area (Å²) in [7, 11) is 0. The molecule has 1 unspecified atom stereocenters. The summed E-state index contributed by atoms with van der Waals surface area (Å²) in [5, 5.41) is 2.35. The molecule has 0 radical (unpaired) electrons. The second-order valence-electron chi connectivity index (χ2n) is 15.7. The third-order valence-electron chi connectivity index (χ3n) is 12.4. The highest BCUT2D eigenvalue weighted by atomic mass is 16.5. The van der Waals surface area contributed by atoms with Crippen LogP contribution >= 0.6 is 0 Å². The molecule has 9 aromatic carbocycles. The summed E-state index contributed by atoms with van der Waals surface area (Å²) in [5.41, 5.74) is 15.9. The van der Waals surface area contributed by atoms with Crippen molar-refractivity contribution in [3.63, 3.8) is 0 Å². The lowest BCUT2D eigenvalue weighted by Gasteiger charge is -2.39. The van der Waals surface area contributed by atoms with Gasteiger partial charge in [-0.25, -0.2) is 9.97 Å². The Balaban J connectivity index is 0.958. The highest BCUT2D eigenvalue weighted by molar-refractivity contribution is 5.94. The average Bonchev–Trinajstić information content (AvgIpc) is 4.02. The van der Waals surface area contributed by atoms with Crippen LogP contribution in [0.15, 0.2) is 203 Å². The lowest BCUT2D eigenvalue weighted by Crippen LogP contribution is -2.32. The Kier molecular flexibility index (Phi) is 6.87. The summed E-state index contributed by atoms with van der Waals surface area (Å²) >= 11 is 0. The summed E-state index contributed by atoms with van der Waals surface area (Å²) in [6.07, 6.45) is 0. The molecule has 1 atom stereocenters. The van der Waals surface area contributed by atoms with Gasteiger partial charge in [0.05, 0.1) is 5.41 Å². The van der Waals surface area contributed by atoms with Gasteiger partial charge in [0.25, 0.3) is 0 Å². The predicted octanol–water partition coefficient (Wildman–Crippen LogP) is 14.3. The zero-order valence-corrected chi connectivity index (χ0v) is 32.1. The molecule has 3 heterocycles. The Hall–Kier alpha value is -8.02. The molecule has 0 saturated heterocycles. The van der Waals surface area contributed by atoms with E-state index in [2.05, 4.69) is 140 Å². The SMILES string of the molecule is c1ccc2c(c1)Oc1cc3ccccc3cc1C21c2ccccc2-c2ccc(-c3ccc(-c4cc(-c5nc6ccccc6o5)cc(-c5nc6ccccc6o5)c4)cc3)cc21. The van der Waals surface area contributed by atoms with Crippen molar-refractivity contribution in [1.82, 2.24) is 9.97 Å². The van der Waals surface area contributed by atoms with Crippen LogP contribution in [0, 0.1) is 0 Å². The molecule has 1 aliphatic carbocycles. The number of nitrogens with zero attached hydrogens (tertiary/aromatic N) is 2. The van der Waals surface area contributed by atoms with Crippen LogP contribution in [0.4, 0.5) is 0 Å². The van der Waals surface area contributed by atoms with Crippen molar-refractivity contribution in [3.05, 3.63) is 216 Å². The van der Waals surface area contributed by atoms with Crippen LogP contribution in [0.2, 0.25) is 0 Å². The zero-order valence-electron chi connectivity index (χ0n) is 32.1. The molecule has 2 aliphatic rings. The first-order chi connectivity index (χ1) is 29.7. The van der Waals surface area contributed by atoms with Gasteiger partial charge < -0.3 is 13.6 Å². The van der Waals surface area contributed by atoms with E-state index in [9.17, 15) is 0 Å². The second-order valence-corrected chi connectivity index (χ2v) is 15.7. The molecule has 280 valence electrons. The minimum absolute atomic E-state index is 0.546. The van der Waals surface area contributed by atoms with Gasteiger partial charge in [-0.3, -0.25) is 0 Å². The van der Waals surface area contributed by atoms with Crippen LogP contribution in [0.3, 0.4) is 0 Å². The predicted molar refractivity (Wildman–Crippen MR) is 238 cm³/mol. The highest BCUT2D eigenvalue weighted by Crippen LogP contribution is 2.62. The Morgan fingerprint density at radius 2 is 0.867 bits per heavy atom. The second kappa shape index (κ2) is 12.5. The van der Waals surface area contributed by atoms with Gasteiger partial charge in [-0.1, -0.05) is 127 Å². The molecule has 0 bridgehead atoms. The van der Waals surface area contributed by atoms with Crippen molar-refractivity contribution in [2.45, 2.75) is 5.41 Å². The molecule has 5 heteroatoms. The number of benzene rings is 9. The molecular formula is C55H32N2O3. The minimum Gasteiger partial charge on any atom is -0.457 e. The van der Waals surface area contributed by atoms with Crippen molar-refractivity contribution in [2.75, 3.05) is 0 Å². The van der Waals surface area contributed by atoms with Crippen LogP contribution in [-0.4, -0.2) is 9.97 Å². The number of aromatic nitrogens is 2. The van der Waals surface area contributed by atoms with Crippen LogP contribution < -0.4 is 4.74 Å². The van der Waals surface area contributed by atoms with Gasteiger partial charge in [-0.2, -0.15) is 0 Å². The molecule has 11 aromatic rings. The van der Waals surface area contributed by atoms with Gasteiger partial charge in [-0.15, -0.1) is 0 Å². The van der Waals surface area contributed by atoms with E-state index in [4.69, 9.17) is 23.5 Å². The quantitative estimate of drug-likeness (QED) is 0.178. The number of para-hydroxylation sites is 5. The van der Waals surface area contributed by atoms with E-state index in [1.165, 1.54) is 27.6 Å². The smallest absolute Gasteiger partial charge is 0.227 e. The Morgan fingerprint density at radius 1 is 0.333 bits per heavy atom. The number of ether oxygens (including phenoxy) is 1. The third-order valence-corrected chi connectivity index (χ3v) is 12.4. The fourth-order valence-corrected chi connectivity index (χ4v) is 9.65. The van der Waals surface area contributed by atoms with Gasteiger partial charge in [0.2, 0.25) is 11.8 Å². The largest absolute Gasteiger partial charge is 0.457 e. The lowest BCUT2D eigenvalue weighted by molar-refractivity contribution is 0.437. The fraction of sp³-hybridized carbons (Fsp3) is 0.0182. The molecular weight excluding hydrogens is 737 g/mol. The van der Waals surface area contributed by atoms with Crippen molar-refractivity contribution in [2.24, 2.45) is 0 Å². The number of hydrogen-bond acceptors (Lipinski definition) is 5. The van der Waals surface area contributed by atoms with E-state index in [1.54, 1.807) is 0 Å². The number of oxazole rings is 2. The van der Waals surface area contributed by atoms with Crippen molar-refractivity contribution < 1.29 is 13.6 Å². The first kappa shape index (κ1) is 33.0. The van der Waals surface area contributed by atoms with E-state index in [0.29, 0.717) is 11.8 Å². The van der Waals surface area contributed by atoms with Crippen molar-refractivity contribution in [1.29, 1.82) is 0 Å². The summed E-state index contributed by atoms with van der Waals surface area (Å²) < 4.78 is 19.3. The van der Waals surface area contributed by atoms with Crippen molar-refractivity contribution >= 4 is 33.0 Å². The monoisotopic (exact) mass is 768 g/mol. The Bertz CT molecular complexity index is 3380. The molecule has 60 heavy (non-hydrogen) atoms. The molecule has 1 aliphatic heterocycles. The average molecular weight is 769 g/mol. The molecule has 0 fully saturated rings. The molecule has 0 N–H and O–H groups in total. The van der Waals surface area contributed by atoms with Gasteiger partial charge in [0.15, 0.2) is 11.2 Å². The van der Waals surface area contributed by atoms with Gasteiger partial charge in [0.1, 0.15) is 22.5 Å². The number of rotatable bonds is 4. The first-order valence-corrected chi connectivity index (χ1v) is 20.2. The summed E-state index contributed by atoms with van der Waals surface area (Å²) in [6.45, 7) is 0. The summed E-state index contributed by atoms with van der Waals surface area (Å²) in [5.74, 6) is 2.87. The molecule has 1 spiro atoms. The maximum absolute atomic E-state index is 6.76. The highest BCUT2D eigenvalue weighted by Gasteiger charge is 2.51. The minimum atomic E-state index is -0.567. The fourth-order valence-electron chi connectivity index (χ4n) is 9.65. The number of fused-ring (bicyclic) bond motifs is 12. The van der Waals surface area contributed by atoms with E-state index in [0.717, 1.165) is 83.6 Å². The molecule has 0 amide bonds. The van der Waals surface area contributed by atoms with Crippen LogP contribution in [0.25, 0.3) is 89.3 Å². The van der Waals surface area contributed by atoms with Crippen LogP contribution in [-0.2, 0) is 5.41 Å². The normalized spacial score (nSPS) is 14.9. The van der Waals surface area contributed by atoms with Gasteiger partial charge >= 0.3 is 0 Å². The first-order valence-electron chi connectivity index (χ1n) is 20.2. The zero-order chi connectivity index (χ0) is 39.4. The maximum atomic E-state index is 6.76. The molecule has 2 aromatic heterocycles. The van der Waals surface area contributed by atoms with Crippen LogP contribution in [0.5, 0.6) is 11.5 Å². The maximum Gasteiger partial charge on any atom is 0.227 e.